The third-order valence-corrected chi connectivity index (χ3v) is 3.48. The summed E-state index contributed by atoms with van der Waals surface area (Å²) in [5.74, 6) is 1.92. The van der Waals surface area contributed by atoms with Gasteiger partial charge in [-0.2, -0.15) is 4.98 Å². The van der Waals surface area contributed by atoms with E-state index < -0.39 is 0 Å². The van der Waals surface area contributed by atoms with Gasteiger partial charge in [0.05, 0.1) is 0 Å². The minimum Gasteiger partial charge on any atom is -0.354 e. The molecule has 1 saturated carbocycles. The van der Waals surface area contributed by atoms with E-state index in [-0.39, 0.29) is 0 Å². The summed E-state index contributed by atoms with van der Waals surface area (Å²) in [6.45, 7) is 4.14. The van der Waals surface area contributed by atoms with Crippen LogP contribution in [-0.4, -0.2) is 49.2 Å². The van der Waals surface area contributed by atoms with Gasteiger partial charge >= 0.3 is 0 Å². The molecule has 2 heterocycles. The van der Waals surface area contributed by atoms with E-state index in [2.05, 4.69) is 32.1 Å². The van der Waals surface area contributed by atoms with Gasteiger partial charge in [0, 0.05) is 45.5 Å². The van der Waals surface area contributed by atoms with Crippen molar-refractivity contribution in [2.24, 2.45) is 0 Å². The quantitative estimate of drug-likeness (QED) is 0.823. The Labute approximate surface area is 102 Å². The smallest absolute Gasteiger partial charge is 0.227 e. The molecule has 0 unspecified atom stereocenters. The van der Waals surface area contributed by atoms with Gasteiger partial charge < -0.3 is 15.1 Å². The fraction of sp³-hybridized carbons (Fsp3) is 0.667. The number of nitrogens with one attached hydrogen (secondary N) is 1. The summed E-state index contributed by atoms with van der Waals surface area (Å²) in [5, 5.41) is 3.35. The normalized spacial score (nSPS) is 20.4. The number of aromatic nitrogens is 2. The second-order valence-corrected chi connectivity index (χ2v) is 4.79. The number of hydrogen-bond acceptors (Lipinski definition) is 5. The maximum Gasteiger partial charge on any atom is 0.227 e. The van der Waals surface area contributed by atoms with Crippen molar-refractivity contribution in [3.05, 3.63) is 12.3 Å². The summed E-state index contributed by atoms with van der Waals surface area (Å²) in [4.78, 5) is 13.6. The highest BCUT2D eigenvalue weighted by molar-refractivity contribution is 5.44. The zero-order chi connectivity index (χ0) is 11.7. The highest BCUT2D eigenvalue weighted by Crippen LogP contribution is 2.28. The van der Waals surface area contributed by atoms with Crippen molar-refractivity contribution in [3.8, 4) is 0 Å². The number of anilines is 2. The molecule has 3 rings (SSSR count). The van der Waals surface area contributed by atoms with Crippen molar-refractivity contribution in [3.63, 3.8) is 0 Å². The maximum absolute atomic E-state index is 4.67. The predicted octanol–water partition coefficient (Wildman–Crippen LogP) is 0.485. The molecule has 0 atom stereocenters. The third-order valence-electron chi connectivity index (χ3n) is 3.48. The minimum absolute atomic E-state index is 0.660. The standard InChI is InChI=1S/C12H19N5/c1-16(10-2-3-10)12-14-5-4-11(15-12)17-8-6-13-7-9-17/h4-5,10,13H,2-3,6-9H2,1H3. The third kappa shape index (κ3) is 2.34. The van der Waals surface area contributed by atoms with E-state index in [9.17, 15) is 0 Å². The first-order valence-corrected chi connectivity index (χ1v) is 6.36. The average molecular weight is 233 g/mol. The van der Waals surface area contributed by atoms with Crippen molar-refractivity contribution in [1.29, 1.82) is 0 Å². The number of hydrogen-bond donors (Lipinski definition) is 1. The summed E-state index contributed by atoms with van der Waals surface area (Å²) < 4.78 is 0. The summed E-state index contributed by atoms with van der Waals surface area (Å²) in [6, 6.07) is 2.67. The lowest BCUT2D eigenvalue weighted by Gasteiger charge is -2.29. The van der Waals surface area contributed by atoms with Gasteiger partial charge in [-0.1, -0.05) is 0 Å². The first kappa shape index (κ1) is 10.8. The molecule has 2 fully saturated rings. The van der Waals surface area contributed by atoms with Crippen LogP contribution in [-0.2, 0) is 0 Å². The van der Waals surface area contributed by atoms with E-state index in [4.69, 9.17) is 0 Å². The van der Waals surface area contributed by atoms with Gasteiger partial charge in [-0.3, -0.25) is 0 Å². The molecule has 0 radical (unpaired) electrons. The van der Waals surface area contributed by atoms with E-state index in [1.165, 1.54) is 12.8 Å². The molecule has 1 aliphatic carbocycles. The van der Waals surface area contributed by atoms with Crippen LogP contribution in [0.4, 0.5) is 11.8 Å². The summed E-state index contributed by atoms with van der Waals surface area (Å²) in [7, 11) is 2.09. The van der Waals surface area contributed by atoms with Crippen molar-refractivity contribution in [2.75, 3.05) is 43.0 Å². The van der Waals surface area contributed by atoms with Crippen molar-refractivity contribution in [1.82, 2.24) is 15.3 Å². The molecule has 0 bridgehead atoms. The molecule has 1 aromatic heterocycles. The second-order valence-electron chi connectivity index (χ2n) is 4.79. The fourth-order valence-corrected chi connectivity index (χ4v) is 2.20. The Hall–Kier alpha value is -1.36. The van der Waals surface area contributed by atoms with E-state index in [1.54, 1.807) is 0 Å². The lowest BCUT2D eigenvalue weighted by Crippen LogP contribution is -2.44. The molecule has 0 amide bonds. The number of piperazine rings is 1. The van der Waals surface area contributed by atoms with Crippen LogP contribution in [0.25, 0.3) is 0 Å². The zero-order valence-corrected chi connectivity index (χ0v) is 10.3. The highest BCUT2D eigenvalue weighted by Gasteiger charge is 2.28. The lowest BCUT2D eigenvalue weighted by molar-refractivity contribution is 0.584. The Kier molecular flexibility index (Phi) is 2.84. The van der Waals surface area contributed by atoms with Gasteiger partial charge in [0.15, 0.2) is 0 Å². The van der Waals surface area contributed by atoms with Crippen molar-refractivity contribution < 1.29 is 0 Å². The molecule has 1 N–H and O–H groups in total. The largest absolute Gasteiger partial charge is 0.354 e. The number of rotatable bonds is 3. The maximum atomic E-state index is 4.67. The molecule has 17 heavy (non-hydrogen) atoms. The Bertz CT molecular complexity index is 384. The Morgan fingerprint density at radius 2 is 2.12 bits per heavy atom. The first-order valence-electron chi connectivity index (χ1n) is 6.36. The van der Waals surface area contributed by atoms with Crippen LogP contribution in [0.3, 0.4) is 0 Å². The van der Waals surface area contributed by atoms with Gasteiger partial charge in [-0.05, 0) is 18.9 Å². The van der Waals surface area contributed by atoms with Crippen LogP contribution in [0.15, 0.2) is 12.3 Å². The van der Waals surface area contributed by atoms with Crippen LogP contribution in [0, 0.1) is 0 Å². The van der Waals surface area contributed by atoms with Gasteiger partial charge in [0.2, 0.25) is 5.95 Å². The van der Waals surface area contributed by atoms with Gasteiger partial charge in [-0.15, -0.1) is 0 Å². The summed E-state index contributed by atoms with van der Waals surface area (Å²) >= 11 is 0. The van der Waals surface area contributed by atoms with Crippen LogP contribution in [0.1, 0.15) is 12.8 Å². The van der Waals surface area contributed by atoms with E-state index in [1.807, 2.05) is 12.3 Å². The van der Waals surface area contributed by atoms with Crippen molar-refractivity contribution in [2.45, 2.75) is 18.9 Å². The average Bonchev–Trinajstić information content (AvgIpc) is 3.23. The molecule has 2 aliphatic rings. The van der Waals surface area contributed by atoms with Crippen LogP contribution in [0.5, 0.6) is 0 Å². The minimum atomic E-state index is 0.660. The molecule has 0 aromatic carbocycles. The van der Waals surface area contributed by atoms with Gasteiger partial charge in [0.25, 0.3) is 0 Å². The predicted molar refractivity (Wildman–Crippen MR) is 68.5 cm³/mol. The Morgan fingerprint density at radius 3 is 2.82 bits per heavy atom. The summed E-state index contributed by atoms with van der Waals surface area (Å²) in [5.41, 5.74) is 0. The van der Waals surface area contributed by atoms with Crippen LogP contribution < -0.4 is 15.1 Å². The molecule has 5 nitrogen and oxygen atoms in total. The fourth-order valence-electron chi connectivity index (χ4n) is 2.20. The van der Waals surface area contributed by atoms with E-state index in [0.717, 1.165) is 37.9 Å². The molecule has 92 valence electrons. The summed E-state index contributed by atoms with van der Waals surface area (Å²) in [6.07, 6.45) is 4.42. The zero-order valence-electron chi connectivity index (χ0n) is 10.3. The lowest BCUT2D eigenvalue weighted by atomic mass is 10.3. The topological polar surface area (TPSA) is 44.3 Å². The molecule has 1 aliphatic heterocycles. The Balaban J connectivity index is 1.77. The van der Waals surface area contributed by atoms with Crippen molar-refractivity contribution >= 4 is 11.8 Å². The molecular weight excluding hydrogens is 214 g/mol. The van der Waals surface area contributed by atoms with E-state index >= 15 is 0 Å². The van der Waals surface area contributed by atoms with Gasteiger partial charge in [-0.25, -0.2) is 4.98 Å². The molecule has 1 aromatic rings. The highest BCUT2D eigenvalue weighted by atomic mass is 15.3. The Morgan fingerprint density at radius 1 is 1.35 bits per heavy atom. The second kappa shape index (κ2) is 4.49. The molecule has 0 spiro atoms. The van der Waals surface area contributed by atoms with Crippen LogP contribution in [0.2, 0.25) is 0 Å². The van der Waals surface area contributed by atoms with Crippen LogP contribution >= 0.6 is 0 Å². The molecule has 1 saturated heterocycles. The van der Waals surface area contributed by atoms with E-state index in [0.29, 0.717) is 6.04 Å². The molecular formula is C12H19N5. The monoisotopic (exact) mass is 233 g/mol. The van der Waals surface area contributed by atoms with Gasteiger partial charge in [0.1, 0.15) is 5.82 Å². The SMILES string of the molecule is CN(c1nccc(N2CCNCC2)n1)C1CC1. The molecule has 5 heteroatoms. The number of nitrogens with zero attached hydrogens (tertiary/aromatic N) is 4. The first-order chi connectivity index (χ1) is 8.34.